The third-order valence-corrected chi connectivity index (χ3v) is 5.59. The molecule has 0 aromatic heterocycles. The number of nitrogens with one attached hydrogen (secondary N) is 1. The second-order valence-corrected chi connectivity index (χ2v) is 7.11. The summed E-state index contributed by atoms with van der Waals surface area (Å²) in [6.45, 7) is 2.16. The number of rotatable bonds is 4. The van der Waals surface area contributed by atoms with E-state index in [-0.39, 0.29) is 16.6 Å². The molecule has 0 bridgehead atoms. The molecule has 1 aliphatic rings. The number of halogens is 1. The zero-order valence-electron chi connectivity index (χ0n) is 11.6. The third-order valence-electron chi connectivity index (χ3n) is 4.01. The van der Waals surface area contributed by atoms with Crippen LogP contribution in [-0.4, -0.2) is 14.5 Å². The Kier molecular flexibility index (Phi) is 4.65. The largest absolute Gasteiger partial charge is 0.398 e. The van der Waals surface area contributed by atoms with Gasteiger partial charge >= 0.3 is 0 Å². The standard InChI is InChI=1S/C14H21FN2O2S/c1-2-10-3-6-12(7-4-10)17-20(18,19)14-9-11(15)5-8-13(14)16/h5,8-10,12,17H,2-4,6-7,16H2,1H3. The molecule has 6 heteroatoms. The topological polar surface area (TPSA) is 72.2 Å². The minimum absolute atomic E-state index is 0.0705. The molecule has 0 spiro atoms. The number of anilines is 1. The van der Waals surface area contributed by atoms with Crippen molar-refractivity contribution in [3.05, 3.63) is 24.0 Å². The molecule has 1 fully saturated rings. The number of hydrogen-bond donors (Lipinski definition) is 2. The Balaban J connectivity index is 2.10. The van der Waals surface area contributed by atoms with Crippen LogP contribution < -0.4 is 10.5 Å². The average Bonchev–Trinajstić information content (AvgIpc) is 2.42. The predicted molar refractivity (Wildman–Crippen MR) is 77.2 cm³/mol. The first kappa shape index (κ1) is 15.3. The monoisotopic (exact) mass is 300 g/mol. The highest BCUT2D eigenvalue weighted by molar-refractivity contribution is 7.89. The highest BCUT2D eigenvalue weighted by atomic mass is 32.2. The predicted octanol–water partition coefficient (Wildman–Crippen LogP) is 2.66. The number of sulfonamides is 1. The molecular formula is C14H21FN2O2S. The molecule has 0 unspecified atom stereocenters. The van der Waals surface area contributed by atoms with Crippen molar-refractivity contribution in [3.63, 3.8) is 0 Å². The molecule has 0 amide bonds. The minimum atomic E-state index is -3.75. The van der Waals surface area contributed by atoms with Gasteiger partial charge < -0.3 is 5.73 Å². The Morgan fingerprint density at radius 3 is 2.55 bits per heavy atom. The van der Waals surface area contributed by atoms with Crippen molar-refractivity contribution in [3.8, 4) is 0 Å². The average molecular weight is 300 g/mol. The van der Waals surface area contributed by atoms with Gasteiger partial charge in [0, 0.05) is 6.04 Å². The molecule has 0 radical (unpaired) electrons. The van der Waals surface area contributed by atoms with Crippen molar-refractivity contribution >= 4 is 15.7 Å². The van der Waals surface area contributed by atoms with Gasteiger partial charge in [-0.3, -0.25) is 0 Å². The van der Waals surface area contributed by atoms with E-state index >= 15 is 0 Å². The SMILES string of the molecule is CCC1CCC(NS(=O)(=O)c2cc(F)ccc2N)CC1. The zero-order chi connectivity index (χ0) is 14.8. The summed E-state index contributed by atoms with van der Waals surface area (Å²) in [5.41, 5.74) is 5.71. The summed E-state index contributed by atoms with van der Waals surface area (Å²) in [5.74, 6) is 0.0873. The molecule has 1 aromatic carbocycles. The number of benzene rings is 1. The number of nitrogens with two attached hydrogens (primary N) is 1. The van der Waals surface area contributed by atoms with E-state index < -0.39 is 15.8 Å². The fraction of sp³-hybridized carbons (Fsp3) is 0.571. The second kappa shape index (κ2) is 6.10. The van der Waals surface area contributed by atoms with Crippen LogP contribution in [-0.2, 0) is 10.0 Å². The summed E-state index contributed by atoms with van der Waals surface area (Å²) in [7, 11) is -3.75. The van der Waals surface area contributed by atoms with Gasteiger partial charge in [-0.15, -0.1) is 0 Å². The fourth-order valence-corrected chi connectivity index (χ4v) is 4.16. The number of hydrogen-bond acceptors (Lipinski definition) is 3. The van der Waals surface area contributed by atoms with Gasteiger partial charge in [0.05, 0.1) is 5.69 Å². The summed E-state index contributed by atoms with van der Waals surface area (Å²) in [6, 6.07) is 3.32. The van der Waals surface area contributed by atoms with Crippen molar-refractivity contribution in [1.29, 1.82) is 0 Å². The Morgan fingerprint density at radius 1 is 1.30 bits per heavy atom. The van der Waals surface area contributed by atoms with Gasteiger partial charge in [-0.2, -0.15) is 0 Å². The van der Waals surface area contributed by atoms with E-state index in [1.807, 2.05) is 0 Å². The molecule has 4 nitrogen and oxygen atoms in total. The molecule has 0 atom stereocenters. The van der Waals surface area contributed by atoms with E-state index in [4.69, 9.17) is 5.73 Å². The molecule has 3 N–H and O–H groups in total. The zero-order valence-corrected chi connectivity index (χ0v) is 12.4. The maximum absolute atomic E-state index is 13.2. The van der Waals surface area contributed by atoms with Crippen LogP contribution in [0.15, 0.2) is 23.1 Å². The van der Waals surface area contributed by atoms with E-state index in [0.717, 1.165) is 44.2 Å². The van der Waals surface area contributed by atoms with Crippen molar-refractivity contribution in [2.24, 2.45) is 5.92 Å². The van der Waals surface area contributed by atoms with E-state index in [1.54, 1.807) is 0 Å². The molecular weight excluding hydrogens is 279 g/mol. The van der Waals surface area contributed by atoms with Crippen molar-refractivity contribution in [1.82, 2.24) is 4.72 Å². The van der Waals surface area contributed by atoms with Crippen LogP contribution in [0.5, 0.6) is 0 Å². The van der Waals surface area contributed by atoms with Crippen molar-refractivity contribution in [2.75, 3.05) is 5.73 Å². The van der Waals surface area contributed by atoms with Crippen LogP contribution in [0.2, 0.25) is 0 Å². The van der Waals surface area contributed by atoms with E-state index in [1.165, 1.54) is 6.07 Å². The quantitative estimate of drug-likeness (QED) is 0.840. The van der Waals surface area contributed by atoms with E-state index in [2.05, 4.69) is 11.6 Å². The Bertz CT molecular complexity index is 567. The molecule has 0 saturated heterocycles. The summed E-state index contributed by atoms with van der Waals surface area (Å²) in [6.07, 6.45) is 4.85. The van der Waals surface area contributed by atoms with E-state index in [0.29, 0.717) is 5.92 Å². The van der Waals surface area contributed by atoms with Crippen LogP contribution in [0.3, 0.4) is 0 Å². The van der Waals surface area contributed by atoms with Gasteiger partial charge in [0.15, 0.2) is 0 Å². The van der Waals surface area contributed by atoms with Crippen molar-refractivity contribution < 1.29 is 12.8 Å². The van der Waals surface area contributed by atoms with Crippen LogP contribution in [0, 0.1) is 11.7 Å². The Morgan fingerprint density at radius 2 is 1.95 bits per heavy atom. The number of nitrogen functional groups attached to an aromatic ring is 1. The van der Waals surface area contributed by atoms with Gasteiger partial charge in [0.2, 0.25) is 10.0 Å². The molecule has 20 heavy (non-hydrogen) atoms. The van der Waals surface area contributed by atoms with E-state index in [9.17, 15) is 12.8 Å². The Hall–Kier alpha value is -1.14. The smallest absolute Gasteiger partial charge is 0.242 e. The lowest BCUT2D eigenvalue weighted by molar-refractivity contribution is 0.306. The molecule has 0 heterocycles. The molecule has 2 rings (SSSR count). The van der Waals surface area contributed by atoms with Gasteiger partial charge in [-0.25, -0.2) is 17.5 Å². The lowest BCUT2D eigenvalue weighted by Crippen LogP contribution is -2.37. The molecule has 1 aliphatic carbocycles. The van der Waals surface area contributed by atoms with Gasteiger partial charge in [-0.05, 0) is 49.8 Å². The van der Waals surface area contributed by atoms with Crippen LogP contribution in [0.25, 0.3) is 0 Å². The van der Waals surface area contributed by atoms with Crippen LogP contribution in [0.1, 0.15) is 39.0 Å². The summed E-state index contributed by atoms with van der Waals surface area (Å²) in [5, 5.41) is 0. The normalized spacial score (nSPS) is 23.7. The molecule has 0 aliphatic heterocycles. The first-order chi connectivity index (χ1) is 9.42. The summed E-state index contributed by atoms with van der Waals surface area (Å²) in [4.78, 5) is -0.171. The van der Waals surface area contributed by atoms with Gasteiger partial charge in [0.1, 0.15) is 10.7 Å². The van der Waals surface area contributed by atoms with Crippen LogP contribution >= 0.6 is 0 Å². The molecule has 112 valence electrons. The first-order valence-corrected chi connectivity index (χ1v) is 8.48. The fourth-order valence-electron chi connectivity index (χ4n) is 2.71. The summed E-state index contributed by atoms with van der Waals surface area (Å²) >= 11 is 0. The Labute approximate surface area is 119 Å². The third kappa shape index (κ3) is 3.49. The minimum Gasteiger partial charge on any atom is -0.398 e. The highest BCUT2D eigenvalue weighted by Crippen LogP contribution is 2.28. The highest BCUT2D eigenvalue weighted by Gasteiger charge is 2.26. The maximum Gasteiger partial charge on any atom is 0.242 e. The van der Waals surface area contributed by atoms with Crippen molar-refractivity contribution in [2.45, 2.75) is 50.0 Å². The molecule has 1 saturated carbocycles. The lowest BCUT2D eigenvalue weighted by atomic mass is 9.85. The molecule has 1 aromatic rings. The summed E-state index contributed by atoms with van der Waals surface area (Å²) < 4.78 is 40.4. The second-order valence-electron chi connectivity index (χ2n) is 5.43. The van der Waals surface area contributed by atoms with Crippen LogP contribution in [0.4, 0.5) is 10.1 Å². The first-order valence-electron chi connectivity index (χ1n) is 6.99. The maximum atomic E-state index is 13.2. The van der Waals surface area contributed by atoms with Gasteiger partial charge in [-0.1, -0.05) is 13.3 Å². The van der Waals surface area contributed by atoms with Gasteiger partial charge in [0.25, 0.3) is 0 Å². The lowest BCUT2D eigenvalue weighted by Gasteiger charge is -2.28.